The van der Waals surface area contributed by atoms with Crippen LogP contribution in [-0.2, 0) is 0 Å². The fourth-order valence-electron chi connectivity index (χ4n) is 3.03. The molecule has 19 heavy (non-hydrogen) atoms. The lowest BCUT2D eigenvalue weighted by Gasteiger charge is -2.37. The zero-order valence-electron chi connectivity index (χ0n) is 11.5. The summed E-state index contributed by atoms with van der Waals surface area (Å²) in [6.45, 7) is 5.28. The highest BCUT2D eigenvalue weighted by Gasteiger charge is 2.29. The van der Waals surface area contributed by atoms with Gasteiger partial charge >= 0.3 is 0 Å². The van der Waals surface area contributed by atoms with Crippen molar-refractivity contribution >= 4 is 16.8 Å². The first-order valence-corrected chi connectivity index (χ1v) is 7.05. The Hall–Kier alpha value is -1.77. The molecule has 0 radical (unpaired) electrons. The fraction of sp³-hybridized carbons (Fsp3) is 0.438. The molecule has 1 aliphatic heterocycles. The van der Waals surface area contributed by atoms with Crippen LogP contribution < -0.4 is 0 Å². The van der Waals surface area contributed by atoms with Gasteiger partial charge in [0, 0.05) is 29.7 Å². The number of hydrogen-bond donors (Lipinski definition) is 1. The van der Waals surface area contributed by atoms with E-state index in [2.05, 4.69) is 18.8 Å². The van der Waals surface area contributed by atoms with Crippen molar-refractivity contribution in [3.05, 3.63) is 36.0 Å². The van der Waals surface area contributed by atoms with Gasteiger partial charge < -0.3 is 9.88 Å². The molecule has 0 aliphatic carbocycles. The molecule has 100 valence electrons. The van der Waals surface area contributed by atoms with Crippen molar-refractivity contribution in [1.82, 2.24) is 9.88 Å². The second-order valence-corrected chi connectivity index (χ2v) is 5.61. The summed E-state index contributed by atoms with van der Waals surface area (Å²) in [5.74, 6) is 0.749. The van der Waals surface area contributed by atoms with E-state index in [4.69, 9.17) is 0 Å². The van der Waals surface area contributed by atoms with E-state index in [1.54, 1.807) is 0 Å². The highest BCUT2D eigenvalue weighted by molar-refractivity contribution is 6.06. The number of piperidine rings is 1. The smallest absolute Gasteiger partial charge is 0.256 e. The minimum absolute atomic E-state index is 0.163. The van der Waals surface area contributed by atoms with Crippen LogP contribution >= 0.6 is 0 Å². The number of para-hydroxylation sites is 1. The highest BCUT2D eigenvalue weighted by Crippen LogP contribution is 2.26. The summed E-state index contributed by atoms with van der Waals surface area (Å²) in [6, 6.07) is 8.31. The Balaban J connectivity index is 1.95. The molecule has 1 fully saturated rings. The lowest BCUT2D eigenvalue weighted by atomic mass is 9.91. The van der Waals surface area contributed by atoms with Crippen molar-refractivity contribution < 1.29 is 4.79 Å². The first-order chi connectivity index (χ1) is 9.18. The lowest BCUT2D eigenvalue weighted by molar-refractivity contribution is 0.0553. The molecule has 0 saturated carbocycles. The number of likely N-dealkylation sites (tertiary alicyclic amines) is 1. The number of hydrogen-bond acceptors (Lipinski definition) is 1. The molecule has 1 aromatic heterocycles. The lowest BCUT2D eigenvalue weighted by Crippen LogP contribution is -2.45. The van der Waals surface area contributed by atoms with Crippen LogP contribution in [0.25, 0.3) is 10.9 Å². The molecule has 3 rings (SSSR count). The number of nitrogens with zero attached hydrogens (tertiary/aromatic N) is 1. The molecule has 2 heterocycles. The second-order valence-electron chi connectivity index (χ2n) is 5.61. The van der Waals surface area contributed by atoms with Gasteiger partial charge in [-0.3, -0.25) is 4.79 Å². The minimum atomic E-state index is 0.163. The standard InChI is InChI=1S/C16H20N2O/c1-11-6-5-9-18(12(11)2)16(19)14-10-17-15-8-4-3-7-13(14)15/h3-4,7-8,10-12,17H,5-6,9H2,1-2H3. The number of amides is 1. The average Bonchev–Trinajstić information content (AvgIpc) is 2.85. The molecule has 1 amide bonds. The number of aromatic amines is 1. The molecule has 1 aliphatic rings. The Morgan fingerprint density at radius 3 is 2.95 bits per heavy atom. The van der Waals surface area contributed by atoms with Crippen LogP contribution in [0.1, 0.15) is 37.0 Å². The number of carbonyl (C=O) groups is 1. The summed E-state index contributed by atoms with van der Waals surface area (Å²) in [7, 11) is 0. The Bertz CT molecular complexity index is 602. The summed E-state index contributed by atoms with van der Waals surface area (Å²) in [5, 5.41) is 1.03. The fourth-order valence-corrected chi connectivity index (χ4v) is 3.03. The van der Waals surface area contributed by atoms with Gasteiger partial charge in [0.25, 0.3) is 5.91 Å². The predicted molar refractivity (Wildman–Crippen MR) is 77.2 cm³/mol. The van der Waals surface area contributed by atoms with E-state index in [0.29, 0.717) is 12.0 Å². The van der Waals surface area contributed by atoms with Crippen molar-refractivity contribution in [3.8, 4) is 0 Å². The van der Waals surface area contributed by atoms with E-state index in [0.717, 1.165) is 29.4 Å². The third-order valence-electron chi connectivity index (χ3n) is 4.45. The molecule has 3 heteroatoms. The Labute approximate surface area is 113 Å². The molecule has 0 spiro atoms. The average molecular weight is 256 g/mol. The number of rotatable bonds is 1. The molecule has 2 aromatic rings. The summed E-state index contributed by atoms with van der Waals surface area (Å²) in [4.78, 5) is 18.0. The molecule has 2 unspecified atom stereocenters. The molecule has 1 saturated heterocycles. The quantitative estimate of drug-likeness (QED) is 0.833. The van der Waals surface area contributed by atoms with Gasteiger partial charge in [0.1, 0.15) is 0 Å². The maximum Gasteiger partial charge on any atom is 0.256 e. The topological polar surface area (TPSA) is 36.1 Å². The van der Waals surface area contributed by atoms with Crippen molar-refractivity contribution in [2.75, 3.05) is 6.54 Å². The summed E-state index contributed by atoms with van der Waals surface area (Å²) in [5.41, 5.74) is 1.83. The number of nitrogens with one attached hydrogen (secondary N) is 1. The monoisotopic (exact) mass is 256 g/mol. The van der Waals surface area contributed by atoms with Crippen LogP contribution in [0.15, 0.2) is 30.5 Å². The van der Waals surface area contributed by atoms with E-state index in [-0.39, 0.29) is 5.91 Å². The molecule has 3 nitrogen and oxygen atoms in total. The van der Waals surface area contributed by atoms with E-state index >= 15 is 0 Å². The van der Waals surface area contributed by atoms with Crippen molar-refractivity contribution in [3.63, 3.8) is 0 Å². The van der Waals surface area contributed by atoms with Crippen LogP contribution in [0.4, 0.5) is 0 Å². The first-order valence-electron chi connectivity index (χ1n) is 7.05. The molecular formula is C16H20N2O. The maximum absolute atomic E-state index is 12.7. The number of H-pyrrole nitrogens is 1. The molecule has 1 N–H and O–H groups in total. The summed E-state index contributed by atoms with van der Waals surface area (Å²) < 4.78 is 0. The van der Waals surface area contributed by atoms with Crippen LogP contribution in [-0.4, -0.2) is 28.4 Å². The molecule has 1 aromatic carbocycles. The van der Waals surface area contributed by atoms with Gasteiger partial charge in [0.15, 0.2) is 0 Å². The van der Waals surface area contributed by atoms with Crippen LogP contribution in [0.5, 0.6) is 0 Å². The number of carbonyl (C=O) groups excluding carboxylic acids is 1. The second kappa shape index (κ2) is 4.72. The van der Waals surface area contributed by atoms with Gasteiger partial charge in [-0.2, -0.15) is 0 Å². The minimum Gasteiger partial charge on any atom is -0.360 e. The van der Waals surface area contributed by atoms with Gasteiger partial charge in [-0.25, -0.2) is 0 Å². The van der Waals surface area contributed by atoms with E-state index in [1.807, 2.05) is 35.4 Å². The van der Waals surface area contributed by atoms with E-state index in [9.17, 15) is 4.79 Å². The Kier molecular flexibility index (Phi) is 3.05. The maximum atomic E-state index is 12.7. The van der Waals surface area contributed by atoms with Crippen molar-refractivity contribution in [2.24, 2.45) is 5.92 Å². The highest BCUT2D eigenvalue weighted by atomic mass is 16.2. The third-order valence-corrected chi connectivity index (χ3v) is 4.45. The van der Waals surface area contributed by atoms with Gasteiger partial charge in [-0.15, -0.1) is 0 Å². The van der Waals surface area contributed by atoms with Gasteiger partial charge in [-0.05, 0) is 31.7 Å². The number of aromatic nitrogens is 1. The summed E-state index contributed by atoms with van der Waals surface area (Å²) >= 11 is 0. The molecule has 2 atom stereocenters. The largest absolute Gasteiger partial charge is 0.360 e. The zero-order valence-corrected chi connectivity index (χ0v) is 11.5. The van der Waals surface area contributed by atoms with E-state index in [1.165, 1.54) is 6.42 Å². The predicted octanol–water partition coefficient (Wildman–Crippen LogP) is 3.43. The third kappa shape index (κ3) is 2.03. The van der Waals surface area contributed by atoms with Gasteiger partial charge in [0.05, 0.1) is 5.56 Å². The number of benzene rings is 1. The van der Waals surface area contributed by atoms with Gasteiger partial charge in [-0.1, -0.05) is 25.1 Å². The Morgan fingerprint density at radius 1 is 1.32 bits per heavy atom. The zero-order chi connectivity index (χ0) is 13.4. The normalized spacial score (nSPS) is 23.8. The van der Waals surface area contributed by atoms with E-state index < -0.39 is 0 Å². The van der Waals surface area contributed by atoms with Gasteiger partial charge in [0.2, 0.25) is 0 Å². The van der Waals surface area contributed by atoms with Crippen molar-refractivity contribution in [1.29, 1.82) is 0 Å². The molecule has 0 bridgehead atoms. The van der Waals surface area contributed by atoms with Crippen molar-refractivity contribution in [2.45, 2.75) is 32.7 Å². The molecular weight excluding hydrogens is 236 g/mol. The first kappa shape index (κ1) is 12.3. The van der Waals surface area contributed by atoms with Crippen LogP contribution in [0.2, 0.25) is 0 Å². The van der Waals surface area contributed by atoms with Crippen LogP contribution in [0, 0.1) is 5.92 Å². The SMILES string of the molecule is CC1CCCN(C(=O)c2c[nH]c3ccccc23)C1C. The summed E-state index contributed by atoms with van der Waals surface area (Å²) in [6.07, 6.45) is 4.18. The Morgan fingerprint density at radius 2 is 2.11 bits per heavy atom. The number of fused-ring (bicyclic) bond motifs is 1. The van der Waals surface area contributed by atoms with Crippen LogP contribution in [0.3, 0.4) is 0 Å².